The average Bonchev–Trinajstić information content (AvgIpc) is 2.70. The van der Waals surface area contributed by atoms with Crippen molar-refractivity contribution in [3.8, 4) is 0 Å². The lowest BCUT2D eigenvalue weighted by Crippen LogP contribution is -2.54. The van der Waals surface area contributed by atoms with E-state index in [1.165, 1.54) is 24.3 Å². The molecule has 0 aliphatic carbocycles. The summed E-state index contributed by atoms with van der Waals surface area (Å²) in [6, 6.07) is 7.66. The van der Waals surface area contributed by atoms with Crippen molar-refractivity contribution in [1.82, 2.24) is 9.21 Å². The highest BCUT2D eigenvalue weighted by atomic mass is 32.2. The molecule has 0 aromatic heterocycles. The molecule has 2 aromatic carbocycles. The minimum absolute atomic E-state index is 0.0579. The summed E-state index contributed by atoms with van der Waals surface area (Å²) in [5.41, 5.74) is -0.523. The Bertz CT molecular complexity index is 989. The number of para-hydroxylation sites is 1. The molecule has 1 N–H and O–H groups in total. The summed E-state index contributed by atoms with van der Waals surface area (Å²) in [5.74, 6) is -3.20. The zero-order valence-corrected chi connectivity index (χ0v) is 16.4. The molecule has 2 aromatic rings. The molecule has 0 saturated carbocycles. The van der Waals surface area contributed by atoms with Crippen molar-refractivity contribution in [2.75, 3.05) is 31.5 Å². The highest BCUT2D eigenvalue weighted by Crippen LogP contribution is 2.22. The van der Waals surface area contributed by atoms with Gasteiger partial charge in [0.1, 0.15) is 28.0 Å². The Morgan fingerprint density at radius 1 is 0.931 bits per heavy atom. The number of hydrogen-bond acceptors (Lipinski definition) is 4. The van der Waals surface area contributed by atoms with Crippen LogP contribution in [-0.2, 0) is 14.8 Å². The average molecular weight is 427 g/mol. The van der Waals surface area contributed by atoms with Gasteiger partial charge in [0.2, 0.25) is 15.9 Å². The Kier molecular flexibility index (Phi) is 6.25. The van der Waals surface area contributed by atoms with E-state index in [1.54, 1.807) is 11.8 Å². The molecule has 1 aliphatic rings. The Hall–Kier alpha value is -2.43. The van der Waals surface area contributed by atoms with Crippen LogP contribution in [0.5, 0.6) is 0 Å². The number of nitrogens with zero attached hydrogens (tertiary/aromatic N) is 2. The fraction of sp³-hybridized carbons (Fsp3) is 0.316. The zero-order valence-electron chi connectivity index (χ0n) is 15.6. The van der Waals surface area contributed by atoms with Gasteiger partial charge < -0.3 is 5.32 Å². The molecule has 0 bridgehead atoms. The van der Waals surface area contributed by atoms with Crippen LogP contribution in [0.1, 0.15) is 6.92 Å². The molecule has 1 unspecified atom stereocenters. The Balaban J connectivity index is 1.64. The first-order chi connectivity index (χ1) is 13.7. The van der Waals surface area contributed by atoms with Gasteiger partial charge in [-0.1, -0.05) is 18.2 Å². The van der Waals surface area contributed by atoms with Gasteiger partial charge in [-0.2, -0.15) is 4.31 Å². The summed E-state index contributed by atoms with van der Waals surface area (Å²) >= 11 is 0. The number of sulfonamides is 1. The monoisotopic (exact) mass is 427 g/mol. The Labute approximate surface area is 167 Å². The standard InChI is InChI=1S/C19H20F3N3O3S/c1-13(19(26)23-18-15(21)6-4-7-16(18)22)24-9-11-25(12-10-24)29(27,28)17-8-3-2-5-14(17)20/h2-8,13H,9-12H2,1H3,(H,23,26). The molecule has 0 radical (unpaired) electrons. The van der Waals surface area contributed by atoms with Crippen LogP contribution in [0.3, 0.4) is 0 Å². The van der Waals surface area contributed by atoms with Crippen molar-refractivity contribution in [2.24, 2.45) is 0 Å². The van der Waals surface area contributed by atoms with E-state index in [2.05, 4.69) is 5.32 Å². The predicted molar refractivity (Wildman–Crippen MR) is 101 cm³/mol. The predicted octanol–water partition coefficient (Wildman–Crippen LogP) is 2.44. The van der Waals surface area contributed by atoms with Gasteiger partial charge in [0.25, 0.3) is 0 Å². The molecule has 6 nitrogen and oxygen atoms in total. The third kappa shape index (κ3) is 4.44. The van der Waals surface area contributed by atoms with E-state index in [-0.39, 0.29) is 26.2 Å². The van der Waals surface area contributed by atoms with Crippen LogP contribution in [0.25, 0.3) is 0 Å². The number of rotatable bonds is 5. The molecule has 10 heteroatoms. The first-order valence-corrected chi connectivity index (χ1v) is 10.4. The van der Waals surface area contributed by atoms with Gasteiger partial charge in [-0.3, -0.25) is 9.69 Å². The quantitative estimate of drug-likeness (QED) is 0.796. The normalized spacial score (nSPS) is 17.1. The van der Waals surface area contributed by atoms with Crippen LogP contribution in [0.2, 0.25) is 0 Å². The molecule has 0 spiro atoms. The van der Waals surface area contributed by atoms with Crippen LogP contribution in [0.15, 0.2) is 47.4 Å². The minimum Gasteiger partial charge on any atom is -0.320 e. The molecular formula is C19H20F3N3O3S. The van der Waals surface area contributed by atoms with Crippen LogP contribution >= 0.6 is 0 Å². The van der Waals surface area contributed by atoms with E-state index in [0.717, 1.165) is 22.5 Å². The zero-order chi connectivity index (χ0) is 21.2. The van der Waals surface area contributed by atoms with Gasteiger partial charge in [-0.25, -0.2) is 21.6 Å². The topological polar surface area (TPSA) is 69.7 Å². The number of benzene rings is 2. The lowest BCUT2D eigenvalue weighted by molar-refractivity contribution is -0.121. The number of carbonyl (C=O) groups is 1. The number of nitrogens with one attached hydrogen (secondary N) is 1. The van der Waals surface area contributed by atoms with Crippen LogP contribution in [0, 0.1) is 17.5 Å². The van der Waals surface area contributed by atoms with E-state index in [9.17, 15) is 26.4 Å². The van der Waals surface area contributed by atoms with Crippen molar-refractivity contribution in [2.45, 2.75) is 17.9 Å². The number of halogens is 3. The smallest absolute Gasteiger partial charge is 0.246 e. The van der Waals surface area contributed by atoms with Gasteiger partial charge in [-0.05, 0) is 31.2 Å². The molecule has 1 heterocycles. The van der Waals surface area contributed by atoms with Gasteiger partial charge in [0, 0.05) is 26.2 Å². The molecule has 156 valence electrons. The molecule has 1 aliphatic heterocycles. The molecule has 1 fully saturated rings. The summed E-state index contributed by atoms with van der Waals surface area (Å²) in [5, 5.41) is 2.24. The van der Waals surface area contributed by atoms with Gasteiger partial charge in [0.05, 0.1) is 6.04 Å². The van der Waals surface area contributed by atoms with Crippen LogP contribution in [0.4, 0.5) is 18.9 Å². The summed E-state index contributed by atoms with van der Waals surface area (Å²) < 4.78 is 67.8. The summed E-state index contributed by atoms with van der Waals surface area (Å²) in [6.45, 7) is 2.10. The van der Waals surface area contributed by atoms with E-state index in [1.807, 2.05) is 0 Å². The largest absolute Gasteiger partial charge is 0.320 e. The van der Waals surface area contributed by atoms with Crippen molar-refractivity contribution < 1.29 is 26.4 Å². The second kappa shape index (κ2) is 8.52. The number of anilines is 1. The number of piperazine rings is 1. The molecule has 29 heavy (non-hydrogen) atoms. The van der Waals surface area contributed by atoms with Crippen molar-refractivity contribution in [3.63, 3.8) is 0 Å². The van der Waals surface area contributed by atoms with Gasteiger partial charge in [0.15, 0.2) is 0 Å². The highest BCUT2D eigenvalue weighted by molar-refractivity contribution is 7.89. The van der Waals surface area contributed by atoms with Crippen LogP contribution in [-0.4, -0.2) is 55.8 Å². The van der Waals surface area contributed by atoms with Gasteiger partial charge in [-0.15, -0.1) is 0 Å². The summed E-state index contributed by atoms with van der Waals surface area (Å²) in [7, 11) is -3.99. The highest BCUT2D eigenvalue weighted by Gasteiger charge is 2.33. The second-order valence-corrected chi connectivity index (χ2v) is 8.54. The number of carbonyl (C=O) groups excluding carboxylic acids is 1. The molecule has 1 saturated heterocycles. The molecule has 1 amide bonds. The fourth-order valence-corrected chi connectivity index (χ4v) is 4.62. The Morgan fingerprint density at radius 3 is 2.07 bits per heavy atom. The SMILES string of the molecule is CC(C(=O)Nc1c(F)cccc1F)N1CCN(S(=O)(=O)c2ccccc2F)CC1. The molecule has 3 rings (SSSR count). The van der Waals surface area contributed by atoms with E-state index in [4.69, 9.17) is 0 Å². The summed E-state index contributed by atoms with van der Waals surface area (Å²) in [4.78, 5) is 13.7. The maximum Gasteiger partial charge on any atom is 0.246 e. The summed E-state index contributed by atoms with van der Waals surface area (Å²) in [6.07, 6.45) is 0. The minimum atomic E-state index is -3.99. The van der Waals surface area contributed by atoms with E-state index < -0.39 is 50.0 Å². The Morgan fingerprint density at radius 2 is 1.48 bits per heavy atom. The molecular weight excluding hydrogens is 407 g/mol. The van der Waals surface area contributed by atoms with Crippen molar-refractivity contribution >= 4 is 21.6 Å². The molecule has 1 atom stereocenters. The third-order valence-electron chi connectivity index (χ3n) is 4.87. The number of hydrogen-bond donors (Lipinski definition) is 1. The maximum atomic E-state index is 13.9. The van der Waals surface area contributed by atoms with Crippen molar-refractivity contribution in [1.29, 1.82) is 0 Å². The fourth-order valence-electron chi connectivity index (χ4n) is 3.13. The lowest BCUT2D eigenvalue weighted by atomic mass is 10.2. The first kappa shape index (κ1) is 21.3. The van der Waals surface area contributed by atoms with E-state index in [0.29, 0.717) is 0 Å². The second-order valence-electron chi connectivity index (χ2n) is 6.63. The number of amides is 1. The van der Waals surface area contributed by atoms with Crippen LogP contribution < -0.4 is 5.32 Å². The lowest BCUT2D eigenvalue weighted by Gasteiger charge is -2.36. The van der Waals surface area contributed by atoms with Crippen molar-refractivity contribution in [3.05, 3.63) is 59.9 Å². The third-order valence-corrected chi connectivity index (χ3v) is 6.80. The maximum absolute atomic E-state index is 13.9. The van der Waals surface area contributed by atoms with E-state index >= 15 is 0 Å². The first-order valence-electron chi connectivity index (χ1n) is 8.95. The van der Waals surface area contributed by atoms with Gasteiger partial charge >= 0.3 is 0 Å².